The van der Waals surface area contributed by atoms with Gasteiger partial charge in [0.1, 0.15) is 0 Å². The first-order valence-corrected chi connectivity index (χ1v) is 6.72. The molecule has 0 aromatic carbocycles. The fourth-order valence-corrected chi connectivity index (χ4v) is 3.27. The fraction of sp³-hybridized carbons (Fsp3) is 1.00. The minimum absolute atomic E-state index is 0.242. The molecule has 0 amide bonds. The van der Waals surface area contributed by atoms with Crippen LogP contribution in [0.25, 0.3) is 0 Å². The Kier molecular flexibility index (Phi) is 5.80. The number of hydrogen-bond acceptors (Lipinski definition) is 2. The second-order valence-electron chi connectivity index (χ2n) is 2.53. The van der Waals surface area contributed by atoms with E-state index in [0.29, 0.717) is 0 Å². The quantitative estimate of drug-likeness (QED) is 0.542. The van der Waals surface area contributed by atoms with Crippen LogP contribution in [-0.2, 0) is 9.05 Å². The Labute approximate surface area is 71.1 Å². The van der Waals surface area contributed by atoms with Crippen molar-refractivity contribution in [3.63, 3.8) is 0 Å². The van der Waals surface area contributed by atoms with E-state index in [0.717, 1.165) is 0 Å². The van der Waals surface area contributed by atoms with Crippen LogP contribution < -0.4 is 0 Å². The van der Waals surface area contributed by atoms with Crippen molar-refractivity contribution in [2.75, 3.05) is 0 Å². The van der Waals surface area contributed by atoms with E-state index in [2.05, 4.69) is 15.1 Å². The van der Waals surface area contributed by atoms with Crippen molar-refractivity contribution < 1.29 is 9.05 Å². The molecule has 0 aliphatic heterocycles. The van der Waals surface area contributed by atoms with Gasteiger partial charge in [-0.05, 0) is 0 Å². The molecule has 0 N–H and O–H groups in total. The summed E-state index contributed by atoms with van der Waals surface area (Å²) in [4.78, 5) is 0. The Hall–Kier alpha value is 0.739. The Morgan fingerprint density at radius 2 is 1.30 bits per heavy atom. The number of hydrogen-bond donors (Lipinski definition) is 0. The zero-order valence-electron chi connectivity index (χ0n) is 6.83. The molecule has 0 saturated carbocycles. The first kappa shape index (κ1) is 10.7. The first-order chi connectivity index (χ1) is 4.52. The van der Waals surface area contributed by atoms with Crippen molar-refractivity contribution in [2.45, 2.75) is 39.9 Å². The molecule has 0 unspecified atom stereocenters. The van der Waals surface area contributed by atoms with Gasteiger partial charge in [-0.25, -0.2) is 0 Å². The molecule has 0 radical (unpaired) electrons. The second kappa shape index (κ2) is 5.40. The fourth-order valence-electron chi connectivity index (χ4n) is 0.369. The SMILES string of the molecule is CC(C)O[P+](=[Se])OC(C)C. The molecule has 0 aliphatic carbocycles. The molecule has 0 aromatic heterocycles. The van der Waals surface area contributed by atoms with Crippen LogP contribution in [0, 0.1) is 0 Å². The van der Waals surface area contributed by atoms with Crippen molar-refractivity contribution >= 4 is 21.7 Å². The first-order valence-electron chi connectivity index (χ1n) is 3.33. The van der Waals surface area contributed by atoms with Crippen molar-refractivity contribution in [2.24, 2.45) is 0 Å². The number of rotatable bonds is 4. The normalized spacial score (nSPS) is 11.0. The van der Waals surface area contributed by atoms with E-state index in [-0.39, 0.29) is 12.2 Å². The Morgan fingerprint density at radius 3 is 1.50 bits per heavy atom. The molecular formula is C6H14O2PSe+. The summed E-state index contributed by atoms with van der Waals surface area (Å²) >= 11 is 2.86. The summed E-state index contributed by atoms with van der Waals surface area (Å²) in [7, 11) is 0. The average Bonchev–Trinajstić information content (AvgIpc) is 1.58. The topological polar surface area (TPSA) is 18.5 Å². The molecule has 0 saturated heterocycles. The van der Waals surface area contributed by atoms with E-state index in [1.54, 1.807) is 0 Å². The average molecular weight is 228 g/mol. The predicted molar refractivity (Wildman–Crippen MR) is 45.1 cm³/mol. The van der Waals surface area contributed by atoms with Gasteiger partial charge in [0.05, 0.1) is 0 Å². The van der Waals surface area contributed by atoms with Gasteiger partial charge in [0, 0.05) is 0 Å². The van der Waals surface area contributed by atoms with Crippen molar-refractivity contribution in [1.82, 2.24) is 0 Å². The van der Waals surface area contributed by atoms with Gasteiger partial charge in [-0.1, -0.05) is 0 Å². The molecule has 60 valence electrons. The van der Waals surface area contributed by atoms with Crippen molar-refractivity contribution in [1.29, 1.82) is 0 Å². The molecule has 0 atom stereocenters. The minimum atomic E-state index is -0.784. The van der Waals surface area contributed by atoms with Crippen LogP contribution in [-0.4, -0.2) is 27.3 Å². The maximum atomic E-state index is 5.35. The zero-order chi connectivity index (χ0) is 8.15. The van der Waals surface area contributed by atoms with Crippen LogP contribution in [0.2, 0.25) is 0 Å². The van der Waals surface area contributed by atoms with Gasteiger partial charge in [0.25, 0.3) is 0 Å². The van der Waals surface area contributed by atoms with Gasteiger partial charge in [0.15, 0.2) is 0 Å². The molecule has 0 bridgehead atoms. The Bertz CT molecular complexity index is 102. The summed E-state index contributed by atoms with van der Waals surface area (Å²) in [5, 5.41) is 0. The summed E-state index contributed by atoms with van der Waals surface area (Å²) in [6.45, 7) is 7.20. The third-order valence-electron chi connectivity index (χ3n) is 0.594. The predicted octanol–water partition coefficient (Wildman–Crippen LogP) is 2.23. The van der Waals surface area contributed by atoms with Crippen LogP contribution >= 0.6 is 6.62 Å². The third kappa shape index (κ3) is 6.85. The van der Waals surface area contributed by atoms with Gasteiger partial charge in [0.2, 0.25) is 0 Å². The molecule has 0 aromatic rings. The monoisotopic (exact) mass is 229 g/mol. The summed E-state index contributed by atoms with van der Waals surface area (Å²) < 4.78 is 10.7. The molecular weight excluding hydrogens is 214 g/mol. The van der Waals surface area contributed by atoms with Crippen LogP contribution in [0.4, 0.5) is 0 Å². The standard InChI is InChI=1S/C6H14O2PSe/c1-5(2)7-9(10)8-6(3)4/h5-6H,1-4H3/q+1. The van der Waals surface area contributed by atoms with E-state index in [1.807, 2.05) is 27.7 Å². The van der Waals surface area contributed by atoms with Crippen LogP contribution in [0.5, 0.6) is 0 Å². The molecule has 0 heterocycles. The van der Waals surface area contributed by atoms with E-state index in [4.69, 9.17) is 9.05 Å². The van der Waals surface area contributed by atoms with E-state index in [9.17, 15) is 0 Å². The molecule has 0 spiro atoms. The van der Waals surface area contributed by atoms with Crippen LogP contribution in [0.15, 0.2) is 0 Å². The van der Waals surface area contributed by atoms with E-state index >= 15 is 0 Å². The molecule has 0 aliphatic rings. The third-order valence-corrected chi connectivity index (χ3v) is 2.86. The molecule has 0 fully saturated rings. The van der Waals surface area contributed by atoms with Gasteiger partial charge >= 0.3 is 70.7 Å². The van der Waals surface area contributed by atoms with Crippen molar-refractivity contribution in [3.05, 3.63) is 0 Å². The summed E-state index contributed by atoms with van der Waals surface area (Å²) in [5.74, 6) is 0. The molecule has 0 rings (SSSR count). The molecule has 2 nitrogen and oxygen atoms in total. The summed E-state index contributed by atoms with van der Waals surface area (Å²) in [6, 6.07) is 0. The molecule has 4 heteroatoms. The van der Waals surface area contributed by atoms with E-state index < -0.39 is 6.62 Å². The Morgan fingerprint density at radius 1 is 1.00 bits per heavy atom. The van der Waals surface area contributed by atoms with Gasteiger partial charge < -0.3 is 0 Å². The van der Waals surface area contributed by atoms with Gasteiger partial charge in [-0.15, -0.1) is 0 Å². The van der Waals surface area contributed by atoms with Crippen LogP contribution in [0.1, 0.15) is 27.7 Å². The van der Waals surface area contributed by atoms with Crippen molar-refractivity contribution in [3.8, 4) is 0 Å². The van der Waals surface area contributed by atoms with E-state index in [1.165, 1.54) is 0 Å². The van der Waals surface area contributed by atoms with Gasteiger partial charge in [-0.2, -0.15) is 0 Å². The zero-order valence-corrected chi connectivity index (χ0v) is 9.43. The molecule has 10 heavy (non-hydrogen) atoms. The summed E-state index contributed by atoms with van der Waals surface area (Å²) in [5.41, 5.74) is 0. The second-order valence-corrected chi connectivity index (χ2v) is 5.28. The Balaban J connectivity index is 3.44. The van der Waals surface area contributed by atoms with Crippen LogP contribution in [0.3, 0.4) is 0 Å². The van der Waals surface area contributed by atoms with Gasteiger partial charge in [-0.3, -0.25) is 0 Å². The maximum absolute atomic E-state index is 5.35. The summed E-state index contributed by atoms with van der Waals surface area (Å²) in [6.07, 6.45) is 0.484.